The van der Waals surface area contributed by atoms with Gasteiger partial charge in [0.1, 0.15) is 5.76 Å². The highest BCUT2D eigenvalue weighted by Gasteiger charge is 2.17. The second-order valence-corrected chi connectivity index (χ2v) is 6.83. The number of nitrogens with zero attached hydrogens (tertiary/aromatic N) is 2. The van der Waals surface area contributed by atoms with E-state index in [9.17, 15) is 4.79 Å². The Labute approximate surface area is 155 Å². The number of hydrogen-bond donors (Lipinski definition) is 0. The van der Waals surface area contributed by atoms with Gasteiger partial charge in [-0.15, -0.1) is 0 Å². The predicted octanol–water partition coefficient (Wildman–Crippen LogP) is 3.34. The summed E-state index contributed by atoms with van der Waals surface area (Å²) in [6.07, 6.45) is 2.22. The predicted molar refractivity (Wildman–Crippen MR) is 101 cm³/mol. The molecule has 5 nitrogen and oxygen atoms in total. The summed E-state index contributed by atoms with van der Waals surface area (Å²) in [5, 5.41) is 0. The van der Waals surface area contributed by atoms with Crippen molar-refractivity contribution in [1.82, 2.24) is 9.80 Å². The average molecular weight is 356 g/mol. The van der Waals surface area contributed by atoms with Gasteiger partial charge < -0.3 is 9.15 Å². The molecule has 0 spiro atoms. The lowest BCUT2D eigenvalue weighted by molar-refractivity contribution is 0.0561. The first-order valence-electron chi connectivity index (χ1n) is 9.37. The first-order valence-corrected chi connectivity index (χ1v) is 9.37. The second-order valence-electron chi connectivity index (χ2n) is 6.83. The van der Waals surface area contributed by atoms with Crippen LogP contribution in [0.1, 0.15) is 40.8 Å². The summed E-state index contributed by atoms with van der Waals surface area (Å²) in [6, 6.07) is 12.5. The fraction of sp³-hybridized carbons (Fsp3) is 0.476. The Morgan fingerprint density at radius 3 is 2.27 bits per heavy atom. The maximum Gasteiger partial charge on any atom is 0.373 e. The number of esters is 1. The van der Waals surface area contributed by atoms with Crippen molar-refractivity contribution in [3.05, 3.63) is 59.0 Å². The molecule has 1 aromatic carbocycles. The summed E-state index contributed by atoms with van der Waals surface area (Å²) in [7, 11) is 1.36. The number of furan rings is 1. The molecule has 1 fully saturated rings. The zero-order valence-corrected chi connectivity index (χ0v) is 15.7. The summed E-state index contributed by atoms with van der Waals surface area (Å²) in [5.74, 6) is 0.663. The van der Waals surface area contributed by atoms with Crippen molar-refractivity contribution in [2.24, 2.45) is 0 Å². The molecule has 0 bridgehead atoms. The van der Waals surface area contributed by atoms with E-state index in [4.69, 9.17) is 9.15 Å². The molecule has 0 radical (unpaired) electrons. The van der Waals surface area contributed by atoms with E-state index in [2.05, 4.69) is 41.0 Å². The zero-order valence-electron chi connectivity index (χ0n) is 15.7. The minimum atomic E-state index is -0.424. The van der Waals surface area contributed by atoms with Gasteiger partial charge in [-0.2, -0.15) is 0 Å². The van der Waals surface area contributed by atoms with Gasteiger partial charge in [-0.05, 0) is 49.2 Å². The van der Waals surface area contributed by atoms with Gasteiger partial charge in [0, 0.05) is 19.6 Å². The summed E-state index contributed by atoms with van der Waals surface area (Å²) in [5.41, 5.74) is 2.77. The van der Waals surface area contributed by atoms with Crippen molar-refractivity contribution in [3.8, 4) is 0 Å². The van der Waals surface area contributed by atoms with Crippen LogP contribution < -0.4 is 0 Å². The monoisotopic (exact) mass is 356 g/mol. The highest BCUT2D eigenvalue weighted by molar-refractivity contribution is 5.86. The molecule has 140 valence electrons. The van der Waals surface area contributed by atoms with Crippen molar-refractivity contribution >= 4 is 5.97 Å². The lowest BCUT2D eigenvalue weighted by Gasteiger charge is -2.21. The van der Waals surface area contributed by atoms with Crippen LogP contribution in [-0.4, -0.2) is 49.1 Å². The molecule has 1 aliphatic rings. The molecule has 0 atom stereocenters. The minimum Gasteiger partial charge on any atom is -0.463 e. The number of aryl methyl sites for hydroxylation is 1. The molecular formula is C21H28N2O3. The smallest absolute Gasteiger partial charge is 0.373 e. The molecule has 1 saturated heterocycles. The normalized spacial score (nSPS) is 16.4. The summed E-state index contributed by atoms with van der Waals surface area (Å²) >= 11 is 0. The molecule has 1 aliphatic heterocycles. The van der Waals surface area contributed by atoms with E-state index in [0.717, 1.165) is 57.9 Å². The Morgan fingerprint density at radius 1 is 0.962 bits per heavy atom. The van der Waals surface area contributed by atoms with Gasteiger partial charge >= 0.3 is 5.97 Å². The Balaban J connectivity index is 1.51. The third-order valence-corrected chi connectivity index (χ3v) is 4.95. The molecule has 3 rings (SSSR count). The van der Waals surface area contributed by atoms with Crippen LogP contribution in [0.5, 0.6) is 0 Å². The molecule has 1 aromatic heterocycles. The second kappa shape index (κ2) is 9.01. The van der Waals surface area contributed by atoms with Crippen molar-refractivity contribution in [2.75, 3.05) is 33.3 Å². The van der Waals surface area contributed by atoms with E-state index in [1.54, 1.807) is 6.07 Å². The SMILES string of the molecule is CCc1ccc(CN2CCCN(Cc3ccc(C(=O)OC)o3)CC2)cc1. The first kappa shape index (κ1) is 18.7. The molecular weight excluding hydrogens is 328 g/mol. The van der Waals surface area contributed by atoms with Gasteiger partial charge in [0.15, 0.2) is 0 Å². The number of ether oxygens (including phenoxy) is 1. The maximum absolute atomic E-state index is 11.5. The highest BCUT2D eigenvalue weighted by atomic mass is 16.5. The molecule has 2 aromatic rings. The van der Waals surface area contributed by atoms with Gasteiger partial charge in [0.05, 0.1) is 13.7 Å². The van der Waals surface area contributed by atoms with Crippen LogP contribution in [0.15, 0.2) is 40.8 Å². The van der Waals surface area contributed by atoms with E-state index < -0.39 is 5.97 Å². The van der Waals surface area contributed by atoms with Crippen molar-refractivity contribution in [2.45, 2.75) is 32.9 Å². The van der Waals surface area contributed by atoms with Crippen molar-refractivity contribution in [3.63, 3.8) is 0 Å². The van der Waals surface area contributed by atoms with Crippen LogP contribution in [0.4, 0.5) is 0 Å². The quantitative estimate of drug-likeness (QED) is 0.743. The lowest BCUT2D eigenvalue weighted by Crippen LogP contribution is -2.30. The summed E-state index contributed by atoms with van der Waals surface area (Å²) in [4.78, 5) is 16.4. The molecule has 26 heavy (non-hydrogen) atoms. The third-order valence-electron chi connectivity index (χ3n) is 4.95. The number of carbonyl (C=O) groups is 1. The van der Waals surface area contributed by atoms with Gasteiger partial charge in [-0.25, -0.2) is 4.79 Å². The molecule has 0 amide bonds. The maximum atomic E-state index is 11.5. The Morgan fingerprint density at radius 2 is 1.62 bits per heavy atom. The van der Waals surface area contributed by atoms with Crippen LogP contribution in [0, 0.1) is 0 Å². The van der Waals surface area contributed by atoms with Crippen molar-refractivity contribution in [1.29, 1.82) is 0 Å². The number of carbonyl (C=O) groups excluding carboxylic acids is 1. The molecule has 5 heteroatoms. The van der Waals surface area contributed by atoms with Gasteiger partial charge in [0.2, 0.25) is 5.76 Å². The largest absolute Gasteiger partial charge is 0.463 e. The minimum absolute atomic E-state index is 0.273. The van der Waals surface area contributed by atoms with E-state index in [1.165, 1.54) is 18.2 Å². The highest BCUT2D eigenvalue weighted by Crippen LogP contribution is 2.15. The van der Waals surface area contributed by atoms with Crippen LogP contribution in [0.2, 0.25) is 0 Å². The molecule has 0 saturated carbocycles. The van der Waals surface area contributed by atoms with Crippen LogP contribution >= 0.6 is 0 Å². The Bertz CT molecular complexity index is 708. The summed E-state index contributed by atoms with van der Waals surface area (Å²) < 4.78 is 10.3. The first-order chi connectivity index (χ1) is 12.7. The number of rotatable bonds is 6. The average Bonchev–Trinajstić information content (AvgIpc) is 3.03. The third kappa shape index (κ3) is 4.96. The fourth-order valence-electron chi connectivity index (χ4n) is 3.37. The number of hydrogen-bond acceptors (Lipinski definition) is 5. The van der Waals surface area contributed by atoms with Gasteiger partial charge in [-0.3, -0.25) is 9.80 Å². The standard InChI is InChI=1S/C21H28N2O3/c1-3-17-5-7-18(8-6-17)15-22-11-4-12-23(14-13-22)16-19-9-10-20(26-19)21(24)25-2/h5-10H,3-4,11-16H2,1-2H3. The fourth-order valence-corrected chi connectivity index (χ4v) is 3.37. The van der Waals surface area contributed by atoms with E-state index in [0.29, 0.717) is 0 Å². The topological polar surface area (TPSA) is 45.9 Å². The van der Waals surface area contributed by atoms with Crippen LogP contribution in [0.3, 0.4) is 0 Å². The Kier molecular flexibility index (Phi) is 6.47. The Hall–Kier alpha value is -2.11. The summed E-state index contributed by atoms with van der Waals surface area (Å²) in [6.45, 7) is 8.12. The molecule has 0 aliphatic carbocycles. The molecule has 0 N–H and O–H groups in total. The zero-order chi connectivity index (χ0) is 18.4. The van der Waals surface area contributed by atoms with E-state index in [1.807, 2.05) is 6.07 Å². The lowest BCUT2D eigenvalue weighted by atomic mass is 10.1. The number of methoxy groups -OCH3 is 1. The van der Waals surface area contributed by atoms with E-state index in [-0.39, 0.29) is 5.76 Å². The van der Waals surface area contributed by atoms with Gasteiger partial charge in [0.25, 0.3) is 0 Å². The van der Waals surface area contributed by atoms with Crippen LogP contribution in [0.25, 0.3) is 0 Å². The van der Waals surface area contributed by atoms with Crippen molar-refractivity contribution < 1.29 is 13.9 Å². The molecule has 2 heterocycles. The van der Waals surface area contributed by atoms with Crippen LogP contribution in [-0.2, 0) is 24.2 Å². The molecule has 0 unspecified atom stereocenters. The van der Waals surface area contributed by atoms with Gasteiger partial charge in [-0.1, -0.05) is 31.2 Å². The van der Waals surface area contributed by atoms with E-state index >= 15 is 0 Å². The number of benzene rings is 1.